The minimum atomic E-state index is -0.0266. The fourth-order valence-electron chi connectivity index (χ4n) is 2.43. The molecular formula is C19H22ClN3OS. The first-order chi connectivity index (χ1) is 11.8. The van der Waals surface area contributed by atoms with Crippen LogP contribution in [0.4, 0.5) is 5.69 Å². The van der Waals surface area contributed by atoms with E-state index in [0.717, 1.165) is 36.0 Å². The Bertz CT molecular complexity index is 704. The molecule has 2 N–H and O–H groups in total. The van der Waals surface area contributed by atoms with E-state index in [1.165, 1.54) is 5.56 Å². The molecule has 132 valence electrons. The number of thioether (sulfide) groups is 1. The van der Waals surface area contributed by atoms with Gasteiger partial charge in [-0.05, 0) is 42.7 Å². The number of carbonyl (C=O) groups excluding carboxylic acids is 1. The standard InChI is InChI=1S/C19H21N3OS.ClH/c23-18(16-5-2-1-3-6-16)20-13-11-15-7-9-17(10-8-15)22-19-21-12-4-14-24-19;/h1-3,5-10H,4,11-14H2,(H,20,23)(H,21,22);1H. The number of hydrogen-bond acceptors (Lipinski definition) is 4. The number of nitrogens with zero attached hydrogens (tertiary/aromatic N) is 1. The van der Waals surface area contributed by atoms with Crippen molar-refractivity contribution in [2.45, 2.75) is 12.8 Å². The summed E-state index contributed by atoms with van der Waals surface area (Å²) in [6.45, 7) is 1.54. The van der Waals surface area contributed by atoms with E-state index < -0.39 is 0 Å². The van der Waals surface area contributed by atoms with Crippen molar-refractivity contribution in [3.05, 3.63) is 65.7 Å². The van der Waals surface area contributed by atoms with Gasteiger partial charge in [-0.25, -0.2) is 0 Å². The van der Waals surface area contributed by atoms with E-state index in [9.17, 15) is 4.79 Å². The second-order valence-corrected chi connectivity index (χ2v) is 6.67. The van der Waals surface area contributed by atoms with Crippen LogP contribution in [0.5, 0.6) is 0 Å². The molecule has 0 spiro atoms. The average Bonchev–Trinajstić information content (AvgIpc) is 2.65. The van der Waals surface area contributed by atoms with Crippen molar-refractivity contribution in [3.8, 4) is 0 Å². The maximum Gasteiger partial charge on any atom is 0.251 e. The maximum absolute atomic E-state index is 12.0. The molecule has 2 aromatic rings. The summed E-state index contributed by atoms with van der Waals surface area (Å²) in [5.74, 6) is 1.10. The molecule has 0 fully saturated rings. The van der Waals surface area contributed by atoms with E-state index in [1.54, 1.807) is 11.8 Å². The SMILES string of the molecule is Cl.O=C(NCCc1ccc(NC2=NCCCS2)cc1)c1ccccc1. The lowest BCUT2D eigenvalue weighted by atomic mass is 10.1. The largest absolute Gasteiger partial charge is 0.352 e. The molecule has 1 aliphatic rings. The molecule has 0 saturated heterocycles. The van der Waals surface area contributed by atoms with Crippen molar-refractivity contribution < 1.29 is 4.79 Å². The Labute approximate surface area is 158 Å². The highest BCUT2D eigenvalue weighted by atomic mass is 35.5. The maximum atomic E-state index is 12.0. The lowest BCUT2D eigenvalue weighted by Crippen LogP contribution is -2.25. The zero-order valence-electron chi connectivity index (χ0n) is 13.9. The van der Waals surface area contributed by atoms with Gasteiger partial charge >= 0.3 is 0 Å². The van der Waals surface area contributed by atoms with Crippen LogP contribution in [0.25, 0.3) is 0 Å². The molecule has 0 atom stereocenters. The molecule has 4 nitrogen and oxygen atoms in total. The van der Waals surface area contributed by atoms with Gasteiger partial charge in [0.15, 0.2) is 5.17 Å². The molecule has 3 rings (SSSR count). The molecule has 0 aliphatic carbocycles. The number of aliphatic imine (C=N–C) groups is 1. The summed E-state index contributed by atoms with van der Waals surface area (Å²) in [6, 6.07) is 17.6. The Morgan fingerprint density at radius 2 is 1.84 bits per heavy atom. The van der Waals surface area contributed by atoms with Crippen LogP contribution >= 0.6 is 24.2 Å². The topological polar surface area (TPSA) is 53.5 Å². The summed E-state index contributed by atoms with van der Waals surface area (Å²) in [6.07, 6.45) is 1.97. The zero-order chi connectivity index (χ0) is 16.6. The molecule has 0 aromatic heterocycles. The first-order valence-electron chi connectivity index (χ1n) is 8.18. The summed E-state index contributed by atoms with van der Waals surface area (Å²) < 4.78 is 0. The molecule has 2 aromatic carbocycles. The van der Waals surface area contributed by atoms with Gasteiger partial charge in [0.1, 0.15) is 0 Å². The highest BCUT2D eigenvalue weighted by Crippen LogP contribution is 2.16. The van der Waals surface area contributed by atoms with Crippen molar-refractivity contribution in [1.82, 2.24) is 5.32 Å². The fraction of sp³-hybridized carbons (Fsp3) is 0.263. The average molecular weight is 376 g/mol. The van der Waals surface area contributed by atoms with Crippen molar-refractivity contribution in [3.63, 3.8) is 0 Å². The third kappa shape index (κ3) is 6.11. The molecule has 25 heavy (non-hydrogen) atoms. The second-order valence-electron chi connectivity index (χ2n) is 5.58. The number of benzene rings is 2. The van der Waals surface area contributed by atoms with E-state index >= 15 is 0 Å². The Kier molecular flexibility index (Phi) is 7.82. The molecule has 0 unspecified atom stereocenters. The Morgan fingerprint density at radius 1 is 1.08 bits per heavy atom. The van der Waals surface area contributed by atoms with Crippen molar-refractivity contribution in [2.75, 3.05) is 24.2 Å². The van der Waals surface area contributed by atoms with E-state index in [-0.39, 0.29) is 18.3 Å². The summed E-state index contributed by atoms with van der Waals surface area (Å²) in [5, 5.41) is 7.30. The molecule has 1 amide bonds. The van der Waals surface area contributed by atoms with Crippen LogP contribution in [0.15, 0.2) is 59.6 Å². The fourth-order valence-corrected chi connectivity index (χ4v) is 3.26. The van der Waals surface area contributed by atoms with Crippen LogP contribution in [0.1, 0.15) is 22.3 Å². The smallest absolute Gasteiger partial charge is 0.251 e. The van der Waals surface area contributed by atoms with Gasteiger partial charge < -0.3 is 10.6 Å². The van der Waals surface area contributed by atoms with Crippen LogP contribution in [0, 0.1) is 0 Å². The van der Waals surface area contributed by atoms with Crippen LogP contribution in [0.2, 0.25) is 0 Å². The number of amidine groups is 1. The minimum Gasteiger partial charge on any atom is -0.352 e. The highest BCUT2D eigenvalue weighted by Gasteiger charge is 2.06. The van der Waals surface area contributed by atoms with Crippen LogP contribution in [0.3, 0.4) is 0 Å². The normalized spacial score (nSPS) is 13.4. The summed E-state index contributed by atoms with van der Waals surface area (Å²) in [7, 11) is 0. The Morgan fingerprint density at radius 3 is 2.52 bits per heavy atom. The van der Waals surface area contributed by atoms with Gasteiger partial charge in [-0.3, -0.25) is 9.79 Å². The Balaban J connectivity index is 0.00000225. The van der Waals surface area contributed by atoms with Gasteiger partial charge in [0.25, 0.3) is 5.91 Å². The molecule has 6 heteroatoms. The first-order valence-corrected chi connectivity index (χ1v) is 9.16. The number of amides is 1. The third-order valence-corrected chi connectivity index (χ3v) is 4.73. The number of carbonyl (C=O) groups is 1. The number of anilines is 1. The molecule has 0 radical (unpaired) electrons. The number of nitrogens with one attached hydrogen (secondary N) is 2. The third-order valence-electron chi connectivity index (χ3n) is 3.74. The predicted molar refractivity (Wildman–Crippen MR) is 109 cm³/mol. The minimum absolute atomic E-state index is 0. The molecule has 0 saturated carbocycles. The van der Waals surface area contributed by atoms with Crippen LogP contribution in [-0.2, 0) is 6.42 Å². The van der Waals surface area contributed by atoms with E-state index in [1.807, 2.05) is 30.3 Å². The predicted octanol–water partition coefficient (Wildman–Crippen LogP) is 3.99. The number of halogens is 1. The van der Waals surface area contributed by atoms with Crippen LogP contribution in [-0.4, -0.2) is 29.9 Å². The first kappa shape index (κ1) is 19.3. The van der Waals surface area contributed by atoms with Gasteiger partial charge in [-0.2, -0.15) is 0 Å². The quantitative estimate of drug-likeness (QED) is 0.830. The highest BCUT2D eigenvalue weighted by molar-refractivity contribution is 8.14. The van der Waals surface area contributed by atoms with E-state index in [0.29, 0.717) is 12.1 Å². The summed E-state index contributed by atoms with van der Waals surface area (Å²) in [4.78, 5) is 16.4. The number of hydrogen-bond donors (Lipinski definition) is 2. The molecule has 1 aliphatic heterocycles. The lowest BCUT2D eigenvalue weighted by Gasteiger charge is -2.13. The molecule has 0 bridgehead atoms. The lowest BCUT2D eigenvalue weighted by molar-refractivity contribution is 0.0954. The van der Waals surface area contributed by atoms with Crippen molar-refractivity contribution >= 4 is 40.9 Å². The van der Waals surface area contributed by atoms with Gasteiger partial charge in [-0.1, -0.05) is 42.1 Å². The number of rotatable bonds is 5. The summed E-state index contributed by atoms with van der Waals surface area (Å²) >= 11 is 1.77. The van der Waals surface area contributed by atoms with Gasteiger partial charge in [0, 0.05) is 30.1 Å². The molecular weight excluding hydrogens is 354 g/mol. The van der Waals surface area contributed by atoms with Gasteiger partial charge in [0.05, 0.1) is 0 Å². The Hall–Kier alpha value is -1.98. The van der Waals surface area contributed by atoms with E-state index in [4.69, 9.17) is 0 Å². The molecule has 1 heterocycles. The van der Waals surface area contributed by atoms with Crippen molar-refractivity contribution in [1.29, 1.82) is 0 Å². The van der Waals surface area contributed by atoms with Crippen LogP contribution < -0.4 is 10.6 Å². The van der Waals surface area contributed by atoms with Crippen molar-refractivity contribution in [2.24, 2.45) is 4.99 Å². The zero-order valence-corrected chi connectivity index (χ0v) is 15.5. The monoisotopic (exact) mass is 375 g/mol. The van der Waals surface area contributed by atoms with Gasteiger partial charge in [0.2, 0.25) is 0 Å². The second kappa shape index (κ2) is 10.1. The van der Waals surface area contributed by atoms with Gasteiger partial charge in [-0.15, -0.1) is 12.4 Å². The summed E-state index contributed by atoms with van der Waals surface area (Å²) in [5.41, 5.74) is 2.95. The van der Waals surface area contributed by atoms with E-state index in [2.05, 4.69) is 39.9 Å².